The Balaban J connectivity index is 1.47. The molecule has 2 amide bonds. The van der Waals surface area contributed by atoms with Crippen LogP contribution in [0.1, 0.15) is 45.2 Å². The van der Waals surface area contributed by atoms with Crippen LogP contribution in [-0.2, 0) is 4.74 Å². The van der Waals surface area contributed by atoms with Gasteiger partial charge in [-0.3, -0.25) is 10.3 Å². The SMILES string of the molecule is C[C@@H](c1ccccc1)N(N)C(=O)N1CC2=NC(NC3CCOCC3)NC=C2C1(C)C. The van der Waals surface area contributed by atoms with Gasteiger partial charge in [0, 0.05) is 31.0 Å². The van der Waals surface area contributed by atoms with Crippen LogP contribution in [-0.4, -0.2) is 59.3 Å². The van der Waals surface area contributed by atoms with E-state index in [1.807, 2.05) is 57.3 Å². The normalized spacial score (nSPS) is 24.4. The maximum atomic E-state index is 13.3. The fourth-order valence-electron chi connectivity index (χ4n) is 4.33. The number of aliphatic imine (C=N–C) groups is 1. The van der Waals surface area contributed by atoms with Crippen molar-refractivity contribution in [3.05, 3.63) is 47.7 Å². The number of amides is 2. The maximum Gasteiger partial charge on any atom is 0.335 e. The molecule has 1 unspecified atom stereocenters. The molecule has 1 aromatic carbocycles. The van der Waals surface area contributed by atoms with Gasteiger partial charge in [0.1, 0.15) is 0 Å². The number of ether oxygens (including phenoxy) is 1. The fraction of sp³-hybridized carbons (Fsp3) is 0.545. The zero-order valence-electron chi connectivity index (χ0n) is 18.0. The second-order valence-corrected chi connectivity index (χ2v) is 8.68. The lowest BCUT2D eigenvalue weighted by Gasteiger charge is -2.36. The third kappa shape index (κ3) is 3.95. The summed E-state index contributed by atoms with van der Waals surface area (Å²) in [5, 5.41) is 8.21. The van der Waals surface area contributed by atoms with Crippen LogP contribution in [0.15, 0.2) is 47.1 Å². The molecule has 162 valence electrons. The topological polar surface area (TPSA) is 95.2 Å². The molecule has 8 nitrogen and oxygen atoms in total. The summed E-state index contributed by atoms with van der Waals surface area (Å²) in [6, 6.07) is 9.78. The molecular weight excluding hydrogens is 380 g/mol. The number of hydrogen-bond donors (Lipinski definition) is 3. The average Bonchev–Trinajstić information content (AvgIpc) is 3.03. The standard InChI is InChI=1S/C22H32N6O2/c1-15(16-7-5-4-6-8-16)28(23)21(29)27-14-19-18(22(27,2)3)13-24-20(26-19)25-17-9-11-30-12-10-17/h4-8,13,15,17,20,24-25H,9-12,14,23H2,1-3H3/t15-,20?/m0/s1. The molecule has 0 radical (unpaired) electrons. The first-order chi connectivity index (χ1) is 14.4. The van der Waals surface area contributed by atoms with Crippen LogP contribution in [0.3, 0.4) is 0 Å². The molecule has 4 rings (SSSR count). The predicted octanol–water partition coefficient (Wildman–Crippen LogP) is 2.12. The Morgan fingerprint density at radius 2 is 2.03 bits per heavy atom. The number of carbonyl (C=O) groups is 1. The Kier molecular flexibility index (Phi) is 5.81. The van der Waals surface area contributed by atoms with Gasteiger partial charge in [0.15, 0.2) is 6.29 Å². The molecule has 30 heavy (non-hydrogen) atoms. The smallest absolute Gasteiger partial charge is 0.335 e. The lowest BCUT2D eigenvalue weighted by atomic mass is 9.94. The number of likely N-dealkylation sites (tertiary alicyclic amines) is 1. The van der Waals surface area contributed by atoms with E-state index in [9.17, 15) is 4.79 Å². The molecule has 0 aromatic heterocycles. The maximum absolute atomic E-state index is 13.3. The molecule has 1 aromatic rings. The Bertz CT molecular complexity index is 831. The number of carbonyl (C=O) groups excluding carboxylic acids is 1. The van der Waals surface area contributed by atoms with Gasteiger partial charge in [0.2, 0.25) is 0 Å². The summed E-state index contributed by atoms with van der Waals surface area (Å²) in [6.07, 6.45) is 3.77. The Morgan fingerprint density at radius 3 is 2.73 bits per heavy atom. The predicted molar refractivity (Wildman–Crippen MR) is 116 cm³/mol. The third-order valence-corrected chi connectivity index (χ3v) is 6.39. The first-order valence-corrected chi connectivity index (χ1v) is 10.7. The van der Waals surface area contributed by atoms with Crippen molar-refractivity contribution in [1.29, 1.82) is 0 Å². The second kappa shape index (κ2) is 8.37. The highest BCUT2D eigenvalue weighted by Gasteiger charge is 2.46. The Labute approximate surface area is 178 Å². The molecule has 0 saturated carbocycles. The lowest BCUT2D eigenvalue weighted by molar-refractivity contribution is 0.0743. The summed E-state index contributed by atoms with van der Waals surface area (Å²) in [4.78, 5) is 20.0. The van der Waals surface area contributed by atoms with Crippen molar-refractivity contribution < 1.29 is 9.53 Å². The van der Waals surface area contributed by atoms with Gasteiger partial charge in [-0.15, -0.1) is 0 Å². The van der Waals surface area contributed by atoms with E-state index >= 15 is 0 Å². The van der Waals surface area contributed by atoms with Crippen molar-refractivity contribution in [2.75, 3.05) is 19.8 Å². The minimum Gasteiger partial charge on any atom is -0.381 e. The number of hydrogen-bond acceptors (Lipinski definition) is 6. The van der Waals surface area contributed by atoms with E-state index in [4.69, 9.17) is 15.6 Å². The largest absolute Gasteiger partial charge is 0.381 e. The van der Waals surface area contributed by atoms with Gasteiger partial charge in [0.25, 0.3) is 0 Å². The number of nitrogens with one attached hydrogen (secondary N) is 2. The summed E-state index contributed by atoms with van der Waals surface area (Å²) in [6.45, 7) is 8.02. The number of fused-ring (bicyclic) bond motifs is 1. The van der Waals surface area contributed by atoms with E-state index in [1.54, 1.807) is 4.90 Å². The molecule has 0 bridgehead atoms. The fourth-order valence-corrected chi connectivity index (χ4v) is 4.33. The van der Waals surface area contributed by atoms with E-state index in [0.29, 0.717) is 12.6 Å². The zero-order valence-corrected chi connectivity index (χ0v) is 18.0. The van der Waals surface area contributed by atoms with Crippen molar-refractivity contribution in [2.24, 2.45) is 10.8 Å². The van der Waals surface area contributed by atoms with Gasteiger partial charge in [-0.05, 0) is 39.2 Å². The van der Waals surface area contributed by atoms with Crippen LogP contribution < -0.4 is 16.5 Å². The highest BCUT2D eigenvalue weighted by atomic mass is 16.5. The summed E-state index contributed by atoms with van der Waals surface area (Å²) >= 11 is 0. The van der Waals surface area contributed by atoms with Crippen LogP contribution in [0.5, 0.6) is 0 Å². The molecule has 0 aliphatic carbocycles. The molecule has 3 aliphatic heterocycles. The Morgan fingerprint density at radius 1 is 1.33 bits per heavy atom. The molecular formula is C22H32N6O2. The minimum absolute atomic E-state index is 0.185. The van der Waals surface area contributed by atoms with Crippen molar-refractivity contribution in [3.8, 4) is 0 Å². The van der Waals surface area contributed by atoms with Crippen LogP contribution in [0.2, 0.25) is 0 Å². The van der Waals surface area contributed by atoms with E-state index in [1.165, 1.54) is 5.01 Å². The number of nitrogens with zero attached hydrogens (tertiary/aromatic N) is 3. The Hall–Kier alpha value is -2.42. The summed E-state index contributed by atoms with van der Waals surface area (Å²) in [5.41, 5.74) is 2.46. The number of benzene rings is 1. The lowest BCUT2D eigenvalue weighted by Crippen LogP contribution is -2.53. The summed E-state index contributed by atoms with van der Waals surface area (Å²) in [7, 11) is 0. The summed E-state index contributed by atoms with van der Waals surface area (Å²) < 4.78 is 5.43. The second-order valence-electron chi connectivity index (χ2n) is 8.68. The number of rotatable bonds is 4. The monoisotopic (exact) mass is 412 g/mol. The van der Waals surface area contributed by atoms with Gasteiger partial charge in [-0.1, -0.05) is 30.3 Å². The molecule has 8 heteroatoms. The van der Waals surface area contributed by atoms with Gasteiger partial charge >= 0.3 is 6.03 Å². The zero-order chi connectivity index (χ0) is 21.3. The van der Waals surface area contributed by atoms with Gasteiger partial charge in [-0.2, -0.15) is 0 Å². The number of nitrogens with two attached hydrogens (primary N) is 1. The summed E-state index contributed by atoms with van der Waals surface area (Å²) in [5.74, 6) is 6.28. The van der Waals surface area contributed by atoms with Gasteiger partial charge in [-0.25, -0.2) is 15.6 Å². The quantitative estimate of drug-likeness (QED) is 0.400. The van der Waals surface area contributed by atoms with E-state index in [2.05, 4.69) is 10.6 Å². The first-order valence-electron chi connectivity index (χ1n) is 10.7. The molecule has 3 aliphatic rings. The van der Waals surface area contributed by atoms with Crippen LogP contribution in [0.25, 0.3) is 0 Å². The van der Waals surface area contributed by atoms with Gasteiger partial charge in [0.05, 0.1) is 23.8 Å². The van der Waals surface area contributed by atoms with E-state index in [-0.39, 0.29) is 18.4 Å². The highest BCUT2D eigenvalue weighted by molar-refractivity contribution is 6.08. The van der Waals surface area contributed by atoms with Crippen molar-refractivity contribution >= 4 is 11.7 Å². The van der Waals surface area contributed by atoms with E-state index < -0.39 is 5.54 Å². The molecule has 3 heterocycles. The molecule has 2 atom stereocenters. The molecule has 0 spiro atoms. The third-order valence-electron chi connectivity index (χ3n) is 6.39. The van der Waals surface area contributed by atoms with Crippen LogP contribution in [0.4, 0.5) is 4.79 Å². The van der Waals surface area contributed by atoms with Crippen molar-refractivity contribution in [2.45, 2.75) is 57.5 Å². The van der Waals surface area contributed by atoms with E-state index in [0.717, 1.165) is 42.9 Å². The van der Waals surface area contributed by atoms with Gasteiger partial charge < -0.3 is 15.0 Å². The molecule has 2 fully saturated rings. The number of hydrazine groups is 1. The average molecular weight is 413 g/mol. The first kappa shape index (κ1) is 20.8. The van der Waals surface area contributed by atoms with Crippen molar-refractivity contribution in [3.63, 3.8) is 0 Å². The molecule has 4 N–H and O–H groups in total. The molecule has 2 saturated heterocycles. The number of urea groups is 1. The van der Waals surface area contributed by atoms with Crippen LogP contribution >= 0.6 is 0 Å². The van der Waals surface area contributed by atoms with Crippen LogP contribution in [0, 0.1) is 0 Å². The minimum atomic E-state index is -0.499. The highest BCUT2D eigenvalue weighted by Crippen LogP contribution is 2.35. The van der Waals surface area contributed by atoms with Crippen molar-refractivity contribution in [1.82, 2.24) is 20.5 Å².